The molecule has 1 aliphatic rings. The van der Waals surface area contributed by atoms with Crippen LogP contribution in [0, 0.1) is 0 Å². The molecular weight excluding hydrogens is 648 g/mol. The predicted octanol–water partition coefficient (Wildman–Crippen LogP) is 6.72. The molecule has 11 nitrogen and oxygen atoms in total. The number of nitrogens with one attached hydrogen (secondary N) is 2. The van der Waals surface area contributed by atoms with E-state index in [1.807, 2.05) is 23.1 Å². The summed E-state index contributed by atoms with van der Waals surface area (Å²) in [6.45, 7) is 0.557. The van der Waals surface area contributed by atoms with Crippen LogP contribution in [0.15, 0.2) is 89.8 Å². The molecule has 3 aromatic carbocycles. The van der Waals surface area contributed by atoms with Gasteiger partial charge in [-0.05, 0) is 71.3 Å². The number of carbonyl (C=O) groups is 2. The minimum absolute atomic E-state index is 0.00911. The number of anilines is 1. The number of likely N-dealkylation sites (tertiary alicyclic amines) is 1. The number of aromatic amines is 1. The molecule has 0 bridgehead atoms. The quantitative estimate of drug-likeness (QED) is 0.163. The van der Waals surface area contributed by atoms with E-state index >= 15 is 0 Å². The summed E-state index contributed by atoms with van der Waals surface area (Å²) in [5, 5.41) is 23.3. The molecule has 44 heavy (non-hydrogen) atoms. The fraction of sp³-hybridized carbons (Fsp3) is 0.161. The second-order valence-electron chi connectivity index (χ2n) is 10.2. The number of imidazole rings is 1. The van der Waals surface area contributed by atoms with E-state index in [0.717, 1.165) is 29.7 Å². The molecule has 13 heteroatoms. The van der Waals surface area contributed by atoms with Gasteiger partial charge in [0, 0.05) is 44.8 Å². The van der Waals surface area contributed by atoms with E-state index in [0.29, 0.717) is 38.8 Å². The Balaban J connectivity index is 1.34. The van der Waals surface area contributed by atoms with Crippen molar-refractivity contribution >= 4 is 51.3 Å². The molecule has 0 aliphatic carbocycles. The van der Waals surface area contributed by atoms with Crippen LogP contribution in [0.5, 0.6) is 0 Å². The van der Waals surface area contributed by atoms with Crippen molar-refractivity contribution in [3.63, 3.8) is 0 Å². The van der Waals surface area contributed by atoms with Gasteiger partial charge in [-0.25, -0.2) is 9.78 Å². The first-order valence-electron chi connectivity index (χ1n) is 13.8. The number of hydrogen-bond donors (Lipinski definition) is 3. The lowest BCUT2D eigenvalue weighted by Crippen LogP contribution is -2.41. The van der Waals surface area contributed by atoms with E-state index in [1.54, 1.807) is 54.7 Å². The standard InChI is InChI=1S/C31H26BrClN8O3/c32-25-16-22(36-31(43)44)10-11-24(25)26-17-34-30(37-26)29-23(19-5-2-1-3-6-19)7-4-14-40(29)28(42)13-8-20-15-21(33)9-12-27(20)41-18-35-38-39-41/h1-3,5-6,8-13,15-18,23,29,36H,4,7,14H2,(H,34,37)(H,43,44). The van der Waals surface area contributed by atoms with Crippen molar-refractivity contribution in [2.75, 3.05) is 11.9 Å². The highest BCUT2D eigenvalue weighted by Gasteiger charge is 2.37. The Morgan fingerprint density at radius 3 is 2.70 bits per heavy atom. The van der Waals surface area contributed by atoms with E-state index in [2.05, 4.69) is 53.9 Å². The number of tetrazole rings is 1. The van der Waals surface area contributed by atoms with Crippen LogP contribution in [-0.2, 0) is 4.79 Å². The highest BCUT2D eigenvalue weighted by Crippen LogP contribution is 2.42. The third kappa shape index (κ3) is 6.26. The van der Waals surface area contributed by atoms with Crippen molar-refractivity contribution in [3.8, 4) is 16.9 Å². The van der Waals surface area contributed by atoms with Gasteiger partial charge in [0.05, 0.1) is 23.6 Å². The van der Waals surface area contributed by atoms with Crippen LogP contribution in [0.4, 0.5) is 10.5 Å². The van der Waals surface area contributed by atoms with Crippen molar-refractivity contribution < 1.29 is 14.7 Å². The highest BCUT2D eigenvalue weighted by molar-refractivity contribution is 9.10. The molecule has 3 heterocycles. The molecule has 1 saturated heterocycles. The van der Waals surface area contributed by atoms with E-state index in [-0.39, 0.29) is 17.9 Å². The number of H-pyrrole nitrogens is 1. The van der Waals surface area contributed by atoms with E-state index < -0.39 is 6.09 Å². The lowest BCUT2D eigenvalue weighted by molar-refractivity contribution is -0.130. The van der Waals surface area contributed by atoms with E-state index in [4.69, 9.17) is 21.7 Å². The molecule has 6 rings (SSSR count). The zero-order valence-corrected chi connectivity index (χ0v) is 25.5. The lowest BCUT2D eigenvalue weighted by atomic mass is 9.83. The van der Waals surface area contributed by atoms with Gasteiger partial charge in [-0.2, -0.15) is 4.68 Å². The second-order valence-corrected chi connectivity index (χ2v) is 11.5. The van der Waals surface area contributed by atoms with Crippen molar-refractivity contribution in [3.05, 3.63) is 112 Å². The smallest absolute Gasteiger partial charge is 0.409 e. The highest BCUT2D eigenvalue weighted by atomic mass is 79.9. The minimum Gasteiger partial charge on any atom is -0.465 e. The summed E-state index contributed by atoms with van der Waals surface area (Å²) in [4.78, 5) is 35.1. The number of halogens is 2. The third-order valence-electron chi connectivity index (χ3n) is 7.52. The minimum atomic E-state index is -1.14. The van der Waals surface area contributed by atoms with Crippen LogP contribution in [0.3, 0.4) is 0 Å². The number of amides is 2. The molecular formula is C31H26BrClN8O3. The molecule has 2 atom stereocenters. The van der Waals surface area contributed by atoms with Gasteiger partial charge in [-0.1, -0.05) is 57.9 Å². The summed E-state index contributed by atoms with van der Waals surface area (Å²) in [6, 6.07) is 20.3. The predicted molar refractivity (Wildman–Crippen MR) is 169 cm³/mol. The number of hydrogen-bond acceptors (Lipinski definition) is 6. The molecule has 2 amide bonds. The zero-order chi connectivity index (χ0) is 30.6. The first kappa shape index (κ1) is 29.3. The van der Waals surface area contributed by atoms with Crippen LogP contribution in [-0.4, -0.2) is 58.7 Å². The maximum Gasteiger partial charge on any atom is 0.409 e. The number of carboxylic acid groups (broad SMARTS) is 1. The van der Waals surface area contributed by atoms with Gasteiger partial charge in [0.2, 0.25) is 5.91 Å². The number of aromatic nitrogens is 6. The summed E-state index contributed by atoms with van der Waals surface area (Å²) >= 11 is 9.84. The van der Waals surface area contributed by atoms with Crippen LogP contribution in [0.25, 0.3) is 23.0 Å². The molecule has 0 radical (unpaired) electrons. The van der Waals surface area contributed by atoms with E-state index in [9.17, 15) is 9.59 Å². The van der Waals surface area contributed by atoms with Crippen LogP contribution < -0.4 is 5.32 Å². The molecule has 5 aromatic rings. The number of carbonyl (C=O) groups excluding carboxylic acids is 1. The third-order valence-corrected chi connectivity index (χ3v) is 8.41. The fourth-order valence-electron chi connectivity index (χ4n) is 5.58. The van der Waals surface area contributed by atoms with E-state index in [1.165, 1.54) is 11.0 Å². The molecule has 1 aliphatic heterocycles. The van der Waals surface area contributed by atoms with Gasteiger partial charge in [-0.3, -0.25) is 10.1 Å². The van der Waals surface area contributed by atoms with Gasteiger partial charge < -0.3 is 15.0 Å². The Hall–Kier alpha value is -4.81. The largest absolute Gasteiger partial charge is 0.465 e. The number of rotatable bonds is 7. The van der Waals surface area contributed by atoms with Crippen LogP contribution >= 0.6 is 27.5 Å². The average Bonchev–Trinajstić information content (AvgIpc) is 3.73. The van der Waals surface area contributed by atoms with Gasteiger partial charge in [0.1, 0.15) is 12.2 Å². The Bertz CT molecular complexity index is 1830. The SMILES string of the molecule is O=C(O)Nc1ccc(-c2cnc(C3C(c4ccccc4)CCCN3C(=O)C=Cc3cc(Cl)ccc3-n3cnnn3)[nH]2)c(Br)c1. The summed E-state index contributed by atoms with van der Waals surface area (Å²) < 4.78 is 2.21. The second kappa shape index (κ2) is 12.8. The molecule has 222 valence electrons. The topological polar surface area (TPSA) is 142 Å². The van der Waals surface area contributed by atoms with Crippen molar-refractivity contribution in [1.29, 1.82) is 0 Å². The van der Waals surface area contributed by atoms with Crippen LogP contribution in [0.1, 0.15) is 41.8 Å². The monoisotopic (exact) mass is 672 g/mol. The van der Waals surface area contributed by atoms with Crippen molar-refractivity contribution in [2.45, 2.75) is 24.8 Å². The molecule has 2 aromatic heterocycles. The van der Waals surface area contributed by atoms with Crippen molar-refractivity contribution in [1.82, 2.24) is 35.1 Å². The molecule has 3 N–H and O–H groups in total. The molecule has 1 fully saturated rings. The molecule has 2 unspecified atom stereocenters. The normalized spacial score (nSPS) is 16.7. The first-order chi connectivity index (χ1) is 21.4. The average molecular weight is 674 g/mol. The summed E-state index contributed by atoms with van der Waals surface area (Å²) in [6.07, 6.45) is 7.07. The Labute approximate surface area is 265 Å². The zero-order valence-electron chi connectivity index (χ0n) is 23.1. The summed E-state index contributed by atoms with van der Waals surface area (Å²) in [5.41, 5.74) is 4.48. The van der Waals surface area contributed by atoms with Crippen LogP contribution in [0.2, 0.25) is 5.02 Å². The van der Waals surface area contributed by atoms with Gasteiger partial charge in [-0.15, -0.1) is 5.10 Å². The maximum atomic E-state index is 13.9. The Morgan fingerprint density at radius 2 is 1.95 bits per heavy atom. The fourth-order valence-corrected chi connectivity index (χ4v) is 6.36. The van der Waals surface area contributed by atoms with Crippen molar-refractivity contribution in [2.24, 2.45) is 0 Å². The summed E-state index contributed by atoms with van der Waals surface area (Å²) in [5.74, 6) is 0.503. The Morgan fingerprint density at radius 1 is 1.11 bits per heavy atom. The molecule has 0 saturated carbocycles. The van der Waals surface area contributed by atoms with Gasteiger partial charge in [0.25, 0.3) is 0 Å². The number of piperidine rings is 1. The number of nitrogens with zero attached hydrogens (tertiary/aromatic N) is 6. The number of benzene rings is 3. The van der Waals surface area contributed by atoms with Gasteiger partial charge >= 0.3 is 6.09 Å². The Kier molecular flexibility index (Phi) is 8.53. The maximum absolute atomic E-state index is 13.9. The molecule has 0 spiro atoms. The first-order valence-corrected chi connectivity index (χ1v) is 15.0. The summed E-state index contributed by atoms with van der Waals surface area (Å²) in [7, 11) is 0. The lowest BCUT2D eigenvalue weighted by Gasteiger charge is -2.40. The van der Waals surface area contributed by atoms with Gasteiger partial charge in [0.15, 0.2) is 0 Å².